The lowest BCUT2D eigenvalue weighted by molar-refractivity contribution is 0.0732. The summed E-state index contributed by atoms with van der Waals surface area (Å²) in [4.78, 5) is 6.89. The van der Waals surface area contributed by atoms with Crippen molar-refractivity contribution in [3.63, 3.8) is 0 Å². The maximum atomic E-state index is 5.83. The standard InChI is InChI=1S/C22H38N4O2.HI/c1-5-23-21(25-18-22(10-7-11-22)12-14-27-4)24-17-19-8-6-9-20(16-19)28-15-13-26(2)3;/h6,8-9,16H,5,7,10-15,17-18H2,1-4H3,(H2,23,24,25);1H. The number of methoxy groups -OCH3 is 1. The molecule has 29 heavy (non-hydrogen) atoms. The summed E-state index contributed by atoms with van der Waals surface area (Å²) in [7, 11) is 5.88. The van der Waals surface area contributed by atoms with Crippen LogP contribution in [0.5, 0.6) is 5.75 Å². The number of ether oxygens (including phenoxy) is 2. The monoisotopic (exact) mass is 518 g/mol. The van der Waals surface area contributed by atoms with Crippen LogP contribution in [-0.2, 0) is 11.3 Å². The molecule has 6 nitrogen and oxygen atoms in total. The first-order valence-corrected chi connectivity index (χ1v) is 10.4. The van der Waals surface area contributed by atoms with Crippen molar-refractivity contribution in [3.05, 3.63) is 29.8 Å². The topological polar surface area (TPSA) is 58.1 Å². The Balaban J connectivity index is 0.00000420. The minimum absolute atomic E-state index is 0. The zero-order valence-electron chi connectivity index (χ0n) is 18.5. The highest BCUT2D eigenvalue weighted by molar-refractivity contribution is 14.0. The predicted octanol–water partition coefficient (Wildman–Crippen LogP) is 3.51. The van der Waals surface area contributed by atoms with E-state index in [1.54, 1.807) is 7.11 Å². The smallest absolute Gasteiger partial charge is 0.191 e. The molecule has 1 aliphatic rings. The Morgan fingerprint density at radius 1 is 1.21 bits per heavy atom. The lowest BCUT2D eigenvalue weighted by Crippen LogP contribution is -2.46. The van der Waals surface area contributed by atoms with Crippen molar-refractivity contribution in [1.29, 1.82) is 0 Å². The van der Waals surface area contributed by atoms with Gasteiger partial charge in [0.2, 0.25) is 0 Å². The summed E-state index contributed by atoms with van der Waals surface area (Å²) in [5.41, 5.74) is 1.52. The van der Waals surface area contributed by atoms with Gasteiger partial charge in [0.15, 0.2) is 5.96 Å². The van der Waals surface area contributed by atoms with Crippen molar-refractivity contribution in [1.82, 2.24) is 15.5 Å². The van der Waals surface area contributed by atoms with Crippen molar-refractivity contribution in [3.8, 4) is 5.75 Å². The van der Waals surface area contributed by atoms with Crippen LogP contribution in [0.4, 0.5) is 0 Å². The molecule has 0 unspecified atom stereocenters. The van der Waals surface area contributed by atoms with Gasteiger partial charge in [-0.15, -0.1) is 24.0 Å². The molecular formula is C22H39IN4O2. The van der Waals surface area contributed by atoms with Gasteiger partial charge in [-0.1, -0.05) is 18.6 Å². The fourth-order valence-corrected chi connectivity index (χ4v) is 3.37. The molecule has 1 aromatic carbocycles. The van der Waals surface area contributed by atoms with Gasteiger partial charge in [-0.2, -0.15) is 0 Å². The van der Waals surface area contributed by atoms with Gasteiger partial charge >= 0.3 is 0 Å². The molecule has 1 aromatic rings. The van der Waals surface area contributed by atoms with Crippen LogP contribution in [0.15, 0.2) is 29.3 Å². The molecule has 0 aliphatic heterocycles. The molecule has 7 heteroatoms. The van der Waals surface area contributed by atoms with Crippen molar-refractivity contribution in [2.45, 2.75) is 39.2 Å². The summed E-state index contributed by atoms with van der Waals surface area (Å²) in [5.74, 6) is 1.78. The van der Waals surface area contributed by atoms with Gasteiger partial charge in [0.05, 0.1) is 6.54 Å². The van der Waals surface area contributed by atoms with Gasteiger partial charge in [-0.05, 0) is 63.4 Å². The molecule has 0 amide bonds. The summed E-state index contributed by atoms with van der Waals surface area (Å²) in [6, 6.07) is 8.21. The molecule has 2 N–H and O–H groups in total. The number of benzene rings is 1. The molecule has 0 aromatic heterocycles. The van der Waals surface area contributed by atoms with E-state index in [0.29, 0.717) is 18.6 Å². The first kappa shape index (κ1) is 26.0. The van der Waals surface area contributed by atoms with E-state index in [1.165, 1.54) is 19.3 Å². The minimum atomic E-state index is 0. The molecule has 166 valence electrons. The summed E-state index contributed by atoms with van der Waals surface area (Å²) < 4.78 is 11.1. The van der Waals surface area contributed by atoms with Gasteiger partial charge in [0.25, 0.3) is 0 Å². The molecule has 0 atom stereocenters. The van der Waals surface area contributed by atoms with Crippen LogP contribution < -0.4 is 15.4 Å². The van der Waals surface area contributed by atoms with Gasteiger partial charge in [0, 0.05) is 33.4 Å². The Kier molecular flexibility index (Phi) is 12.6. The van der Waals surface area contributed by atoms with E-state index in [2.05, 4.69) is 34.6 Å². The lowest BCUT2D eigenvalue weighted by Gasteiger charge is -2.42. The third-order valence-electron chi connectivity index (χ3n) is 5.35. The van der Waals surface area contributed by atoms with E-state index < -0.39 is 0 Å². The maximum Gasteiger partial charge on any atom is 0.191 e. The highest BCUT2D eigenvalue weighted by Gasteiger charge is 2.36. The number of likely N-dealkylation sites (N-methyl/N-ethyl adjacent to an activating group) is 1. The Labute approximate surface area is 193 Å². The Morgan fingerprint density at radius 3 is 2.62 bits per heavy atom. The third kappa shape index (κ3) is 9.53. The molecule has 0 spiro atoms. The number of hydrogen-bond donors (Lipinski definition) is 2. The highest BCUT2D eigenvalue weighted by atomic mass is 127. The fraction of sp³-hybridized carbons (Fsp3) is 0.682. The Hall–Kier alpha value is -1.06. The average Bonchev–Trinajstić information content (AvgIpc) is 2.65. The molecule has 2 rings (SSSR count). The van der Waals surface area contributed by atoms with Gasteiger partial charge < -0.3 is 25.0 Å². The second kappa shape index (κ2) is 14.0. The molecule has 1 aliphatic carbocycles. The second-order valence-electron chi connectivity index (χ2n) is 7.94. The largest absolute Gasteiger partial charge is 0.492 e. The number of aliphatic imine (C=N–C) groups is 1. The van der Waals surface area contributed by atoms with Crippen molar-refractivity contribution in [2.75, 3.05) is 54.1 Å². The molecule has 1 saturated carbocycles. The van der Waals surface area contributed by atoms with Crippen molar-refractivity contribution in [2.24, 2.45) is 10.4 Å². The first-order chi connectivity index (χ1) is 13.6. The average molecular weight is 518 g/mol. The summed E-state index contributed by atoms with van der Waals surface area (Å²) in [6.07, 6.45) is 4.98. The van der Waals surface area contributed by atoms with Crippen LogP contribution in [0.1, 0.15) is 38.2 Å². The van der Waals surface area contributed by atoms with Crippen LogP contribution in [0.3, 0.4) is 0 Å². The van der Waals surface area contributed by atoms with Crippen LogP contribution in [0.25, 0.3) is 0 Å². The molecular weight excluding hydrogens is 479 g/mol. The zero-order chi connectivity index (χ0) is 20.2. The number of nitrogens with one attached hydrogen (secondary N) is 2. The SMILES string of the molecule is CCNC(=NCc1cccc(OCCN(C)C)c1)NCC1(CCOC)CCC1.I. The van der Waals surface area contributed by atoms with Crippen LogP contribution in [0.2, 0.25) is 0 Å². The van der Waals surface area contributed by atoms with E-state index in [-0.39, 0.29) is 24.0 Å². The number of nitrogens with zero attached hydrogens (tertiary/aromatic N) is 2. The van der Waals surface area contributed by atoms with Gasteiger partial charge in [0.1, 0.15) is 12.4 Å². The lowest BCUT2D eigenvalue weighted by atomic mass is 9.67. The van der Waals surface area contributed by atoms with E-state index in [4.69, 9.17) is 14.5 Å². The second-order valence-corrected chi connectivity index (χ2v) is 7.94. The summed E-state index contributed by atoms with van der Waals surface area (Å²) >= 11 is 0. The Bertz CT molecular complexity index is 606. The number of rotatable bonds is 12. The maximum absolute atomic E-state index is 5.83. The first-order valence-electron chi connectivity index (χ1n) is 10.4. The van der Waals surface area contributed by atoms with Crippen molar-refractivity contribution >= 4 is 29.9 Å². The van der Waals surface area contributed by atoms with E-state index >= 15 is 0 Å². The number of guanidine groups is 1. The van der Waals surface area contributed by atoms with E-state index in [1.807, 2.05) is 26.2 Å². The van der Waals surface area contributed by atoms with Crippen LogP contribution in [0, 0.1) is 5.41 Å². The quantitative estimate of drug-likeness (QED) is 0.252. The molecule has 0 heterocycles. The van der Waals surface area contributed by atoms with Crippen LogP contribution in [-0.4, -0.2) is 64.9 Å². The minimum Gasteiger partial charge on any atom is -0.492 e. The molecule has 0 bridgehead atoms. The zero-order valence-corrected chi connectivity index (χ0v) is 20.8. The molecule has 0 saturated heterocycles. The molecule has 1 fully saturated rings. The molecule has 0 radical (unpaired) electrons. The fourth-order valence-electron chi connectivity index (χ4n) is 3.37. The predicted molar refractivity (Wildman–Crippen MR) is 132 cm³/mol. The van der Waals surface area contributed by atoms with Crippen molar-refractivity contribution < 1.29 is 9.47 Å². The normalized spacial score (nSPS) is 15.4. The van der Waals surface area contributed by atoms with E-state index in [9.17, 15) is 0 Å². The summed E-state index contributed by atoms with van der Waals surface area (Å²) in [6.45, 7) is 6.96. The summed E-state index contributed by atoms with van der Waals surface area (Å²) in [5, 5.41) is 6.91. The number of halogens is 1. The third-order valence-corrected chi connectivity index (χ3v) is 5.35. The van der Waals surface area contributed by atoms with Gasteiger partial charge in [-0.25, -0.2) is 4.99 Å². The van der Waals surface area contributed by atoms with Gasteiger partial charge in [-0.3, -0.25) is 0 Å². The van der Waals surface area contributed by atoms with Crippen LogP contribution >= 0.6 is 24.0 Å². The van der Waals surface area contributed by atoms with E-state index in [0.717, 1.165) is 49.9 Å². The highest BCUT2D eigenvalue weighted by Crippen LogP contribution is 2.43. The Morgan fingerprint density at radius 2 is 2.00 bits per heavy atom. The number of hydrogen-bond acceptors (Lipinski definition) is 4.